The number of thiazole rings is 1. The van der Waals surface area contributed by atoms with Gasteiger partial charge in [0, 0.05) is 42.0 Å². The SMILES string of the molecule is Cc1cc(NC(C)(C)C)ncc1-c1sc(C(=O)NCC(C)(C)N)nc1C(=O)N1CCC[C@@H]1C. The van der Waals surface area contributed by atoms with Crippen molar-refractivity contribution < 1.29 is 9.59 Å². The second-order valence-electron chi connectivity index (χ2n) is 10.6. The molecule has 3 rings (SSSR count). The summed E-state index contributed by atoms with van der Waals surface area (Å²) in [6, 6.07) is 2.11. The third-order valence-corrected chi connectivity index (χ3v) is 6.49. The predicted octanol–water partition coefficient (Wildman–Crippen LogP) is 3.82. The molecule has 9 heteroatoms. The highest BCUT2D eigenvalue weighted by atomic mass is 32.1. The van der Waals surface area contributed by atoms with E-state index in [9.17, 15) is 9.59 Å². The maximum absolute atomic E-state index is 13.5. The molecule has 0 aromatic carbocycles. The van der Waals surface area contributed by atoms with Gasteiger partial charge in [0.05, 0.1) is 4.88 Å². The lowest BCUT2D eigenvalue weighted by molar-refractivity contribution is 0.0743. The molecule has 2 amide bonds. The zero-order chi connectivity index (χ0) is 24.6. The van der Waals surface area contributed by atoms with Crippen LogP contribution in [0.3, 0.4) is 0 Å². The maximum Gasteiger partial charge on any atom is 0.280 e. The molecule has 0 aliphatic carbocycles. The van der Waals surface area contributed by atoms with E-state index in [4.69, 9.17) is 5.73 Å². The van der Waals surface area contributed by atoms with E-state index in [-0.39, 0.29) is 28.4 Å². The van der Waals surface area contributed by atoms with Gasteiger partial charge in [-0.1, -0.05) is 0 Å². The minimum atomic E-state index is -0.546. The topological polar surface area (TPSA) is 113 Å². The summed E-state index contributed by atoms with van der Waals surface area (Å²) >= 11 is 1.22. The Bertz CT molecular complexity index is 1030. The number of hydrogen-bond acceptors (Lipinski definition) is 7. The fraction of sp³-hybridized carbons (Fsp3) is 0.583. The number of nitrogens with two attached hydrogens (primary N) is 1. The molecule has 2 aromatic rings. The fourth-order valence-corrected chi connectivity index (χ4v) is 4.79. The van der Waals surface area contributed by atoms with E-state index in [0.29, 0.717) is 23.7 Å². The standard InChI is InChI=1S/C24H36N6O2S/c1-14-11-17(29-23(3,4)5)26-12-16(14)19-18(22(32)30-10-8-9-15(30)2)28-21(33-19)20(31)27-13-24(6,7)25/h11-12,15H,8-10,13,25H2,1-7H3,(H,26,29)(H,27,31)/t15-/m0/s1. The number of rotatable bonds is 6. The average molecular weight is 473 g/mol. The summed E-state index contributed by atoms with van der Waals surface area (Å²) in [5.74, 6) is 0.295. The number of aryl methyl sites for hydroxylation is 1. The third-order valence-electron chi connectivity index (χ3n) is 5.40. The molecule has 0 saturated carbocycles. The Balaban J connectivity index is 2.01. The quantitative estimate of drug-likeness (QED) is 0.589. The Hall–Kier alpha value is -2.52. The van der Waals surface area contributed by atoms with Crippen molar-refractivity contribution in [3.8, 4) is 10.4 Å². The van der Waals surface area contributed by atoms with E-state index in [1.807, 2.05) is 38.7 Å². The molecule has 0 unspecified atom stereocenters. The van der Waals surface area contributed by atoms with E-state index in [0.717, 1.165) is 29.8 Å². The second kappa shape index (κ2) is 9.38. The lowest BCUT2D eigenvalue weighted by Crippen LogP contribution is -2.45. The Morgan fingerprint density at radius 1 is 1.27 bits per heavy atom. The van der Waals surface area contributed by atoms with Crippen molar-refractivity contribution >= 4 is 29.0 Å². The highest BCUT2D eigenvalue weighted by Gasteiger charge is 2.32. The van der Waals surface area contributed by atoms with Gasteiger partial charge in [0.15, 0.2) is 5.01 Å². The van der Waals surface area contributed by atoms with Crippen LogP contribution in [0.2, 0.25) is 0 Å². The van der Waals surface area contributed by atoms with Gasteiger partial charge < -0.3 is 21.3 Å². The molecular weight excluding hydrogens is 436 g/mol. The summed E-state index contributed by atoms with van der Waals surface area (Å²) in [4.78, 5) is 37.9. The van der Waals surface area contributed by atoms with Crippen molar-refractivity contribution in [2.24, 2.45) is 5.73 Å². The van der Waals surface area contributed by atoms with Crippen LogP contribution in [0.1, 0.15) is 80.2 Å². The van der Waals surface area contributed by atoms with Gasteiger partial charge in [-0.05, 0) is 72.9 Å². The number of amides is 2. The number of pyridine rings is 1. The first-order chi connectivity index (χ1) is 15.2. The minimum absolute atomic E-state index is 0.125. The zero-order valence-corrected chi connectivity index (χ0v) is 21.5. The Morgan fingerprint density at radius 2 is 1.97 bits per heavy atom. The van der Waals surface area contributed by atoms with Gasteiger partial charge in [0.1, 0.15) is 11.5 Å². The van der Waals surface area contributed by atoms with Crippen LogP contribution in [0, 0.1) is 6.92 Å². The normalized spacial score (nSPS) is 16.7. The van der Waals surface area contributed by atoms with Crippen LogP contribution >= 0.6 is 11.3 Å². The first-order valence-electron chi connectivity index (χ1n) is 11.4. The summed E-state index contributed by atoms with van der Waals surface area (Å²) in [6.07, 6.45) is 3.70. The maximum atomic E-state index is 13.5. The highest BCUT2D eigenvalue weighted by molar-refractivity contribution is 7.17. The van der Waals surface area contributed by atoms with Gasteiger partial charge in [-0.3, -0.25) is 9.59 Å². The molecule has 8 nitrogen and oxygen atoms in total. The molecule has 180 valence electrons. The van der Waals surface area contributed by atoms with Gasteiger partial charge in [0.2, 0.25) is 0 Å². The summed E-state index contributed by atoms with van der Waals surface area (Å²) in [5.41, 5.74) is 7.41. The number of nitrogens with zero attached hydrogens (tertiary/aromatic N) is 3. The van der Waals surface area contributed by atoms with Gasteiger partial charge >= 0.3 is 0 Å². The first kappa shape index (κ1) is 25.1. The molecule has 1 aliphatic heterocycles. The van der Waals surface area contributed by atoms with Gasteiger partial charge in [-0.2, -0.15) is 0 Å². The average Bonchev–Trinajstić information content (AvgIpc) is 3.30. The smallest absolute Gasteiger partial charge is 0.280 e. The second-order valence-corrected chi connectivity index (χ2v) is 11.6. The zero-order valence-electron chi connectivity index (χ0n) is 20.7. The van der Waals surface area contributed by atoms with Crippen molar-refractivity contribution in [2.75, 3.05) is 18.4 Å². The molecule has 1 atom stereocenters. The summed E-state index contributed by atoms with van der Waals surface area (Å²) < 4.78 is 0. The highest BCUT2D eigenvalue weighted by Crippen LogP contribution is 2.35. The Morgan fingerprint density at radius 3 is 2.52 bits per heavy atom. The molecule has 0 spiro atoms. The van der Waals surface area contributed by atoms with Crippen LogP contribution in [-0.2, 0) is 0 Å². The van der Waals surface area contributed by atoms with Crippen molar-refractivity contribution in [1.82, 2.24) is 20.2 Å². The number of aromatic nitrogens is 2. The van der Waals surface area contributed by atoms with E-state index in [1.165, 1.54) is 11.3 Å². The fourth-order valence-electron chi connectivity index (χ4n) is 3.75. The largest absolute Gasteiger partial charge is 0.365 e. The molecule has 33 heavy (non-hydrogen) atoms. The van der Waals surface area contributed by atoms with E-state index < -0.39 is 5.54 Å². The molecule has 2 aromatic heterocycles. The predicted molar refractivity (Wildman–Crippen MR) is 134 cm³/mol. The number of nitrogens with one attached hydrogen (secondary N) is 2. The Labute approximate surface area is 200 Å². The van der Waals surface area contributed by atoms with Crippen LogP contribution in [0.25, 0.3) is 10.4 Å². The minimum Gasteiger partial charge on any atom is -0.365 e. The molecule has 1 saturated heterocycles. The van der Waals surface area contributed by atoms with Crippen molar-refractivity contribution in [3.63, 3.8) is 0 Å². The van der Waals surface area contributed by atoms with Gasteiger partial charge in [-0.15, -0.1) is 11.3 Å². The van der Waals surface area contributed by atoms with Gasteiger partial charge in [-0.25, -0.2) is 9.97 Å². The van der Waals surface area contributed by atoms with Crippen LogP contribution < -0.4 is 16.4 Å². The van der Waals surface area contributed by atoms with Crippen LogP contribution in [-0.4, -0.2) is 56.9 Å². The molecule has 1 aliphatic rings. The molecule has 3 heterocycles. The molecule has 1 fully saturated rings. The molecule has 0 bridgehead atoms. The van der Waals surface area contributed by atoms with Crippen LogP contribution in [0.15, 0.2) is 12.3 Å². The number of carbonyl (C=O) groups excluding carboxylic acids is 2. The van der Waals surface area contributed by atoms with E-state index in [1.54, 1.807) is 6.20 Å². The van der Waals surface area contributed by atoms with E-state index >= 15 is 0 Å². The molecule has 4 N–H and O–H groups in total. The van der Waals surface area contributed by atoms with Crippen molar-refractivity contribution in [2.45, 2.75) is 78.4 Å². The first-order valence-corrected chi connectivity index (χ1v) is 12.2. The lowest BCUT2D eigenvalue weighted by atomic mass is 10.1. The van der Waals surface area contributed by atoms with Gasteiger partial charge in [0.25, 0.3) is 11.8 Å². The van der Waals surface area contributed by atoms with Crippen LogP contribution in [0.4, 0.5) is 5.82 Å². The summed E-state index contributed by atoms with van der Waals surface area (Å²) in [6.45, 7) is 14.9. The number of anilines is 1. The van der Waals surface area contributed by atoms with E-state index in [2.05, 4.69) is 41.4 Å². The lowest BCUT2D eigenvalue weighted by Gasteiger charge is -2.22. The van der Waals surface area contributed by atoms with Crippen molar-refractivity contribution in [1.29, 1.82) is 0 Å². The monoisotopic (exact) mass is 472 g/mol. The third kappa shape index (κ3) is 6.29. The molecular formula is C24H36N6O2S. The number of hydrogen-bond donors (Lipinski definition) is 3. The van der Waals surface area contributed by atoms with Crippen LogP contribution in [0.5, 0.6) is 0 Å². The van der Waals surface area contributed by atoms with Crippen molar-refractivity contribution in [3.05, 3.63) is 28.5 Å². The summed E-state index contributed by atoms with van der Waals surface area (Å²) in [7, 11) is 0. The summed E-state index contributed by atoms with van der Waals surface area (Å²) in [5, 5.41) is 6.45. The number of carbonyl (C=O) groups is 2. The number of likely N-dealkylation sites (tertiary alicyclic amines) is 1. The molecule has 0 radical (unpaired) electrons. The Kier molecular flexibility index (Phi) is 7.14.